The SMILES string of the molecule is CCCn1c(SCC(=O)N(Cc2ccco2)C2=CCCCC2)nc2cc(S(N)(=O)=O)ccc21. The Morgan fingerprint density at radius 3 is 2.82 bits per heavy atom. The fourth-order valence-corrected chi connectivity index (χ4v) is 5.44. The zero-order valence-corrected chi connectivity index (χ0v) is 20.2. The van der Waals surface area contributed by atoms with Crippen LogP contribution in [-0.2, 0) is 27.9 Å². The third kappa shape index (κ3) is 5.51. The summed E-state index contributed by atoms with van der Waals surface area (Å²) >= 11 is 1.36. The predicted octanol–water partition coefficient (Wildman–Crippen LogP) is 4.27. The van der Waals surface area contributed by atoms with Crippen LogP contribution in [0.15, 0.2) is 62.8 Å². The van der Waals surface area contributed by atoms with Crippen LogP contribution in [0.1, 0.15) is 44.8 Å². The standard InChI is InChI=1S/C23H28N4O4S2/c1-2-12-26-21-11-10-19(33(24,29)30)14-20(21)25-23(26)32-16-22(28)27(15-18-9-6-13-31-18)17-7-4-3-5-8-17/h6-7,9-11,13-14H,2-5,8,12,15-16H2,1H3,(H2,24,29,30). The molecule has 1 aliphatic rings. The Balaban J connectivity index is 1.58. The largest absolute Gasteiger partial charge is 0.467 e. The summed E-state index contributed by atoms with van der Waals surface area (Å²) in [5.41, 5.74) is 2.41. The van der Waals surface area contributed by atoms with Gasteiger partial charge in [-0.15, -0.1) is 0 Å². The Bertz CT molecular complexity index is 1260. The number of amides is 1. The maximum Gasteiger partial charge on any atom is 0.238 e. The molecule has 2 N–H and O–H groups in total. The number of nitrogens with zero attached hydrogens (tertiary/aromatic N) is 3. The number of aromatic nitrogens is 2. The first kappa shape index (κ1) is 23.6. The van der Waals surface area contributed by atoms with Crippen molar-refractivity contribution in [3.05, 3.63) is 54.1 Å². The first-order valence-electron chi connectivity index (χ1n) is 11.0. The van der Waals surface area contributed by atoms with Crippen molar-refractivity contribution in [1.29, 1.82) is 0 Å². The molecule has 0 saturated carbocycles. The number of thioether (sulfide) groups is 1. The van der Waals surface area contributed by atoms with Gasteiger partial charge in [0.15, 0.2) is 5.16 Å². The smallest absolute Gasteiger partial charge is 0.238 e. The molecule has 1 amide bonds. The number of furan rings is 1. The number of primary sulfonamides is 1. The summed E-state index contributed by atoms with van der Waals surface area (Å²) in [4.78, 5) is 19.8. The second-order valence-electron chi connectivity index (χ2n) is 8.03. The number of carbonyl (C=O) groups is 1. The van der Waals surface area contributed by atoms with Gasteiger partial charge >= 0.3 is 0 Å². The molecule has 0 fully saturated rings. The number of rotatable bonds is 9. The molecule has 33 heavy (non-hydrogen) atoms. The summed E-state index contributed by atoms with van der Waals surface area (Å²) in [7, 11) is -3.82. The van der Waals surface area contributed by atoms with Crippen molar-refractivity contribution >= 4 is 38.7 Å². The van der Waals surface area contributed by atoms with E-state index in [0.717, 1.165) is 49.1 Å². The third-order valence-electron chi connectivity index (χ3n) is 5.59. The van der Waals surface area contributed by atoms with Crippen LogP contribution < -0.4 is 5.14 Å². The molecule has 0 atom stereocenters. The van der Waals surface area contributed by atoms with Gasteiger partial charge in [0.05, 0.1) is 34.5 Å². The molecule has 0 radical (unpaired) electrons. The van der Waals surface area contributed by atoms with Crippen molar-refractivity contribution in [1.82, 2.24) is 14.5 Å². The van der Waals surface area contributed by atoms with Crippen molar-refractivity contribution in [2.24, 2.45) is 5.14 Å². The molecular weight excluding hydrogens is 460 g/mol. The van der Waals surface area contributed by atoms with Crippen molar-refractivity contribution in [3.63, 3.8) is 0 Å². The van der Waals surface area contributed by atoms with Gasteiger partial charge in [-0.05, 0) is 62.4 Å². The summed E-state index contributed by atoms with van der Waals surface area (Å²) in [6, 6.07) is 8.40. The number of imidazole rings is 1. The molecule has 2 aromatic heterocycles. The Morgan fingerprint density at radius 1 is 1.30 bits per heavy atom. The van der Waals surface area contributed by atoms with E-state index in [0.29, 0.717) is 23.8 Å². The van der Waals surface area contributed by atoms with Crippen molar-refractivity contribution in [3.8, 4) is 0 Å². The molecule has 0 bridgehead atoms. The number of sulfonamides is 1. The molecule has 0 spiro atoms. The van der Waals surface area contributed by atoms with Gasteiger partial charge in [-0.1, -0.05) is 24.8 Å². The number of carbonyl (C=O) groups excluding carboxylic acids is 1. The van der Waals surface area contributed by atoms with E-state index >= 15 is 0 Å². The molecule has 2 heterocycles. The average molecular weight is 489 g/mol. The van der Waals surface area contributed by atoms with E-state index in [1.165, 1.54) is 23.9 Å². The van der Waals surface area contributed by atoms with Gasteiger partial charge in [0.2, 0.25) is 15.9 Å². The number of nitrogens with two attached hydrogens (primary N) is 1. The van der Waals surface area contributed by atoms with Gasteiger partial charge in [-0.2, -0.15) is 0 Å². The average Bonchev–Trinajstić information content (AvgIpc) is 3.43. The summed E-state index contributed by atoms with van der Waals surface area (Å²) in [5.74, 6) is 0.950. The van der Waals surface area contributed by atoms with Gasteiger partial charge in [0.1, 0.15) is 5.76 Å². The number of aryl methyl sites for hydroxylation is 1. The van der Waals surface area contributed by atoms with E-state index in [1.54, 1.807) is 12.3 Å². The highest BCUT2D eigenvalue weighted by Crippen LogP contribution is 2.28. The van der Waals surface area contributed by atoms with Crippen LogP contribution in [0.2, 0.25) is 0 Å². The van der Waals surface area contributed by atoms with Crippen LogP contribution in [0.5, 0.6) is 0 Å². The maximum absolute atomic E-state index is 13.3. The van der Waals surface area contributed by atoms with Crippen LogP contribution in [-0.4, -0.2) is 34.5 Å². The Labute approximate surface area is 197 Å². The van der Waals surface area contributed by atoms with Crippen LogP contribution in [0.25, 0.3) is 11.0 Å². The molecule has 10 heteroatoms. The molecular formula is C23H28N4O4S2. The van der Waals surface area contributed by atoms with Crippen LogP contribution in [0, 0.1) is 0 Å². The van der Waals surface area contributed by atoms with E-state index < -0.39 is 10.0 Å². The van der Waals surface area contributed by atoms with Crippen molar-refractivity contribution < 1.29 is 17.6 Å². The maximum atomic E-state index is 13.3. The van der Waals surface area contributed by atoms with E-state index in [-0.39, 0.29) is 16.6 Å². The molecule has 0 unspecified atom stereocenters. The fourth-order valence-electron chi connectivity index (χ4n) is 3.99. The molecule has 8 nitrogen and oxygen atoms in total. The van der Waals surface area contributed by atoms with Crippen molar-refractivity contribution in [2.45, 2.75) is 62.2 Å². The molecule has 0 aliphatic heterocycles. The lowest BCUT2D eigenvalue weighted by Crippen LogP contribution is -2.32. The van der Waals surface area contributed by atoms with Gasteiger partial charge in [-0.25, -0.2) is 18.5 Å². The van der Waals surface area contributed by atoms with Gasteiger partial charge in [0.25, 0.3) is 0 Å². The second-order valence-corrected chi connectivity index (χ2v) is 10.5. The van der Waals surface area contributed by atoms with E-state index in [2.05, 4.69) is 18.0 Å². The van der Waals surface area contributed by atoms with E-state index in [9.17, 15) is 13.2 Å². The highest BCUT2D eigenvalue weighted by atomic mass is 32.2. The first-order valence-corrected chi connectivity index (χ1v) is 13.6. The Morgan fingerprint density at radius 2 is 2.15 bits per heavy atom. The summed E-state index contributed by atoms with van der Waals surface area (Å²) < 4.78 is 31.0. The number of benzene rings is 1. The zero-order chi connectivity index (χ0) is 23.4. The minimum absolute atomic E-state index is 0.00937. The number of fused-ring (bicyclic) bond motifs is 1. The lowest BCUT2D eigenvalue weighted by Gasteiger charge is -2.27. The lowest BCUT2D eigenvalue weighted by atomic mass is 10.0. The molecule has 4 rings (SSSR count). The number of hydrogen-bond donors (Lipinski definition) is 1. The van der Waals surface area contributed by atoms with Gasteiger partial charge in [0, 0.05) is 12.2 Å². The number of allylic oxidation sites excluding steroid dienone is 2. The summed E-state index contributed by atoms with van der Waals surface area (Å²) in [6.07, 6.45) is 8.70. The lowest BCUT2D eigenvalue weighted by molar-refractivity contribution is -0.127. The Kier molecular flexibility index (Phi) is 7.26. The monoisotopic (exact) mass is 488 g/mol. The molecule has 3 aromatic rings. The molecule has 1 aliphatic carbocycles. The zero-order valence-electron chi connectivity index (χ0n) is 18.6. The van der Waals surface area contributed by atoms with E-state index in [4.69, 9.17) is 9.56 Å². The molecule has 176 valence electrons. The van der Waals surface area contributed by atoms with Crippen molar-refractivity contribution in [2.75, 3.05) is 5.75 Å². The summed E-state index contributed by atoms with van der Waals surface area (Å²) in [5, 5.41) is 5.96. The van der Waals surface area contributed by atoms with E-state index in [1.807, 2.05) is 21.6 Å². The minimum atomic E-state index is -3.82. The fraction of sp³-hybridized carbons (Fsp3) is 0.391. The molecule has 0 saturated heterocycles. The van der Waals surface area contributed by atoms with Gasteiger partial charge in [-0.3, -0.25) is 4.79 Å². The van der Waals surface area contributed by atoms with Crippen LogP contribution in [0.3, 0.4) is 0 Å². The normalized spacial score (nSPS) is 14.4. The molecule has 1 aromatic carbocycles. The highest BCUT2D eigenvalue weighted by Gasteiger charge is 2.22. The predicted molar refractivity (Wildman–Crippen MR) is 128 cm³/mol. The summed E-state index contributed by atoms with van der Waals surface area (Å²) in [6.45, 7) is 3.18. The second kappa shape index (κ2) is 10.1. The van der Waals surface area contributed by atoms with Crippen LogP contribution in [0.4, 0.5) is 0 Å². The van der Waals surface area contributed by atoms with Crippen LogP contribution >= 0.6 is 11.8 Å². The number of hydrogen-bond acceptors (Lipinski definition) is 6. The quantitative estimate of drug-likeness (QED) is 0.450. The topological polar surface area (TPSA) is 111 Å². The minimum Gasteiger partial charge on any atom is -0.467 e. The highest BCUT2D eigenvalue weighted by molar-refractivity contribution is 7.99. The first-order chi connectivity index (χ1) is 15.9. The Hall–Kier alpha value is -2.56. The van der Waals surface area contributed by atoms with Gasteiger partial charge < -0.3 is 13.9 Å². The third-order valence-corrected chi connectivity index (χ3v) is 7.47.